The fourth-order valence-corrected chi connectivity index (χ4v) is 4.30. The summed E-state index contributed by atoms with van der Waals surface area (Å²) in [7, 11) is 0. The third-order valence-corrected chi connectivity index (χ3v) is 5.67. The van der Waals surface area contributed by atoms with Gasteiger partial charge in [0.1, 0.15) is 0 Å². The summed E-state index contributed by atoms with van der Waals surface area (Å²) in [6.45, 7) is 0.184. The van der Waals surface area contributed by atoms with Gasteiger partial charge in [-0.15, -0.1) is 0 Å². The summed E-state index contributed by atoms with van der Waals surface area (Å²) in [5.41, 5.74) is 4.57. The number of aliphatic carboxylic acids is 1. The molecule has 2 aromatic rings. The van der Waals surface area contributed by atoms with Crippen molar-refractivity contribution in [1.29, 1.82) is 0 Å². The number of hydrogen-bond acceptors (Lipinski definition) is 3. The van der Waals surface area contributed by atoms with Gasteiger partial charge in [-0.1, -0.05) is 0 Å². The topological polar surface area (TPSA) is 75.6 Å². The summed E-state index contributed by atoms with van der Waals surface area (Å²) < 4.78 is 5.36. The molecule has 1 aliphatic carbocycles. The monoisotopic (exact) mass is 405 g/mol. The number of benzene rings is 2. The van der Waals surface area contributed by atoms with Gasteiger partial charge < -0.3 is 0 Å². The van der Waals surface area contributed by atoms with Gasteiger partial charge in [0.15, 0.2) is 0 Å². The average Bonchev–Trinajstić information content (AvgIpc) is 2.93. The van der Waals surface area contributed by atoms with Crippen LogP contribution in [0.2, 0.25) is 11.1 Å². The number of rotatable bonds is 6. The van der Waals surface area contributed by atoms with Crippen molar-refractivity contribution >= 4 is 27.0 Å². The van der Waals surface area contributed by atoms with Crippen LogP contribution in [0.15, 0.2) is 48.5 Å². The van der Waals surface area contributed by atoms with E-state index in [9.17, 15) is 9.59 Å². The molecule has 2 N–H and O–H groups in total. The molecule has 2 aromatic carbocycles. The van der Waals surface area contributed by atoms with Gasteiger partial charge >= 0.3 is 152 Å². The Morgan fingerprint density at radius 1 is 1.12 bits per heavy atom. The number of hydrogen-bond donors (Lipinski definition) is 2. The van der Waals surface area contributed by atoms with Crippen molar-refractivity contribution in [3.63, 3.8) is 0 Å². The number of fused-ring (bicyclic) bond motifs is 3. The molecule has 0 saturated heterocycles. The Morgan fingerprint density at radius 2 is 1.68 bits per heavy atom. The standard InChI is InChI=1S/C19H19NO4Se/c1-25-11-17(18(21)22)20-19(23)24-10-16-14-8-4-2-6-12(14)13-7-3-5-9-15(13)16/h2-9,16-17H,10-11H2,1H3,(H,20,23)(H,21,22)/t17-/m1/s1. The summed E-state index contributed by atoms with van der Waals surface area (Å²) in [6.07, 6.45) is -0.682. The van der Waals surface area contributed by atoms with Crippen molar-refractivity contribution in [2.45, 2.75) is 23.1 Å². The number of carboxylic acids is 1. The van der Waals surface area contributed by atoms with E-state index in [0.29, 0.717) is 5.32 Å². The molecule has 3 rings (SSSR count). The molecule has 1 aliphatic rings. The molecule has 0 fully saturated rings. The molecular formula is C19H19NO4Se. The number of carbonyl (C=O) groups is 2. The van der Waals surface area contributed by atoms with Crippen molar-refractivity contribution in [3.05, 3.63) is 59.7 Å². The van der Waals surface area contributed by atoms with Gasteiger partial charge in [0.2, 0.25) is 0 Å². The van der Waals surface area contributed by atoms with Crippen LogP contribution in [0.5, 0.6) is 0 Å². The fraction of sp³-hybridized carbons (Fsp3) is 0.263. The summed E-state index contributed by atoms with van der Waals surface area (Å²) in [5, 5.41) is 12.0. The molecule has 130 valence electrons. The van der Waals surface area contributed by atoms with Crippen molar-refractivity contribution in [2.75, 3.05) is 6.61 Å². The van der Waals surface area contributed by atoms with E-state index in [4.69, 9.17) is 9.84 Å². The molecule has 0 radical (unpaired) electrons. The maximum absolute atomic E-state index is 12.0. The van der Waals surface area contributed by atoms with E-state index in [-0.39, 0.29) is 27.5 Å². The van der Waals surface area contributed by atoms with Gasteiger partial charge in [-0.25, -0.2) is 0 Å². The Balaban J connectivity index is 1.71. The van der Waals surface area contributed by atoms with Crippen LogP contribution in [-0.2, 0) is 9.53 Å². The van der Waals surface area contributed by atoms with E-state index in [0.717, 1.165) is 22.3 Å². The number of carbonyl (C=O) groups excluding carboxylic acids is 1. The van der Waals surface area contributed by atoms with E-state index < -0.39 is 18.1 Å². The second-order valence-corrected chi connectivity index (χ2v) is 7.73. The Hall–Kier alpha value is -2.30. The van der Waals surface area contributed by atoms with Crippen LogP contribution in [0.4, 0.5) is 4.79 Å². The predicted octanol–water partition coefficient (Wildman–Crippen LogP) is 3.15. The normalized spacial score (nSPS) is 13.6. The van der Waals surface area contributed by atoms with Crippen LogP contribution in [0.1, 0.15) is 17.0 Å². The summed E-state index contributed by atoms with van der Waals surface area (Å²) in [5.74, 6) is 0.872. The fourth-order valence-electron chi connectivity index (χ4n) is 3.12. The first kappa shape index (κ1) is 17.5. The third kappa shape index (κ3) is 3.70. The zero-order chi connectivity index (χ0) is 17.8. The Kier molecular flexibility index (Phi) is 5.41. The maximum atomic E-state index is 12.0. The quantitative estimate of drug-likeness (QED) is 0.726. The Labute approximate surface area is 152 Å². The number of ether oxygens (including phenoxy) is 1. The summed E-state index contributed by atoms with van der Waals surface area (Å²) in [6, 6.07) is 15.3. The van der Waals surface area contributed by atoms with Gasteiger partial charge in [-0.3, -0.25) is 0 Å². The molecule has 5 nitrogen and oxygen atoms in total. The predicted molar refractivity (Wildman–Crippen MR) is 96.1 cm³/mol. The number of nitrogens with one attached hydrogen (secondary N) is 1. The average molecular weight is 404 g/mol. The number of carboxylic acid groups (broad SMARTS) is 1. The van der Waals surface area contributed by atoms with Crippen LogP contribution in [0.3, 0.4) is 0 Å². The zero-order valence-electron chi connectivity index (χ0n) is 13.8. The molecule has 25 heavy (non-hydrogen) atoms. The number of amides is 1. The van der Waals surface area contributed by atoms with Gasteiger partial charge in [0, 0.05) is 0 Å². The van der Waals surface area contributed by atoms with Gasteiger partial charge in [-0.05, 0) is 0 Å². The molecule has 0 aliphatic heterocycles. The summed E-state index contributed by atoms with van der Waals surface area (Å²) >= 11 is 0.152. The minimum absolute atomic E-state index is 0.0307. The van der Waals surface area contributed by atoms with Crippen LogP contribution in [0, 0.1) is 0 Å². The molecule has 0 saturated carbocycles. The van der Waals surface area contributed by atoms with Crippen molar-refractivity contribution in [2.24, 2.45) is 0 Å². The molecular weight excluding hydrogens is 385 g/mol. The first-order valence-corrected chi connectivity index (χ1v) is 10.9. The molecule has 6 heteroatoms. The van der Waals surface area contributed by atoms with Gasteiger partial charge in [-0.2, -0.15) is 0 Å². The Morgan fingerprint density at radius 3 is 2.20 bits per heavy atom. The number of alkyl carbamates (subject to hydrolysis) is 1. The van der Waals surface area contributed by atoms with Crippen LogP contribution in [-0.4, -0.2) is 44.8 Å². The first-order chi connectivity index (χ1) is 12.1. The molecule has 1 amide bonds. The van der Waals surface area contributed by atoms with Crippen molar-refractivity contribution in [3.8, 4) is 11.1 Å². The van der Waals surface area contributed by atoms with Crippen LogP contribution < -0.4 is 5.32 Å². The van der Waals surface area contributed by atoms with E-state index in [1.54, 1.807) is 0 Å². The van der Waals surface area contributed by atoms with E-state index in [2.05, 4.69) is 17.4 Å². The zero-order valence-corrected chi connectivity index (χ0v) is 15.5. The Bertz CT molecular complexity index is 747. The van der Waals surface area contributed by atoms with E-state index in [1.165, 1.54) is 0 Å². The molecule has 0 unspecified atom stereocenters. The first-order valence-electron chi connectivity index (χ1n) is 7.95. The molecule has 0 bridgehead atoms. The van der Waals surface area contributed by atoms with Gasteiger partial charge in [0.25, 0.3) is 0 Å². The second-order valence-electron chi connectivity index (χ2n) is 5.82. The molecule has 1 atom stereocenters. The molecule has 0 aromatic heterocycles. The second kappa shape index (κ2) is 7.72. The van der Waals surface area contributed by atoms with Crippen LogP contribution in [0.25, 0.3) is 11.1 Å². The third-order valence-electron chi connectivity index (χ3n) is 4.27. The summed E-state index contributed by atoms with van der Waals surface area (Å²) in [4.78, 5) is 23.2. The van der Waals surface area contributed by atoms with Gasteiger partial charge in [0.05, 0.1) is 0 Å². The van der Waals surface area contributed by atoms with E-state index >= 15 is 0 Å². The molecule has 0 spiro atoms. The SMILES string of the molecule is C[Se]C[C@@H](NC(=O)OCC1c2ccccc2-c2ccccc21)C(=O)O. The van der Waals surface area contributed by atoms with Crippen molar-refractivity contribution in [1.82, 2.24) is 5.32 Å². The van der Waals surface area contributed by atoms with Crippen molar-refractivity contribution < 1.29 is 19.4 Å². The van der Waals surface area contributed by atoms with Crippen LogP contribution >= 0.6 is 0 Å². The van der Waals surface area contributed by atoms with E-state index in [1.807, 2.05) is 42.2 Å². The molecule has 0 heterocycles. The minimum atomic E-state index is -1.03.